The van der Waals surface area contributed by atoms with Crippen LogP contribution in [0.4, 0.5) is 5.69 Å². The molecule has 0 atom stereocenters. The van der Waals surface area contributed by atoms with E-state index in [2.05, 4.69) is 0 Å². The van der Waals surface area contributed by atoms with Gasteiger partial charge in [-0.1, -0.05) is 0 Å². The third-order valence-corrected chi connectivity index (χ3v) is 4.84. The molecule has 116 valence electrons. The van der Waals surface area contributed by atoms with Gasteiger partial charge < -0.3 is 17.2 Å². The maximum absolute atomic E-state index is 12.6. The lowest BCUT2D eigenvalue weighted by Crippen LogP contribution is -2.43. The number of benzene rings is 1. The number of primary amides is 2. The molecule has 1 aromatic rings. The van der Waals surface area contributed by atoms with Crippen LogP contribution in [0.25, 0.3) is 0 Å². The van der Waals surface area contributed by atoms with Crippen LogP contribution >= 0.6 is 0 Å². The van der Waals surface area contributed by atoms with Crippen molar-refractivity contribution in [3.8, 4) is 0 Å². The molecule has 0 bridgehead atoms. The Morgan fingerprint density at radius 3 is 1.76 bits per heavy atom. The van der Waals surface area contributed by atoms with Crippen LogP contribution in [0.3, 0.4) is 0 Å². The van der Waals surface area contributed by atoms with E-state index in [0.717, 1.165) is 0 Å². The van der Waals surface area contributed by atoms with Gasteiger partial charge in [0.25, 0.3) is 0 Å². The van der Waals surface area contributed by atoms with E-state index in [1.807, 2.05) is 0 Å². The number of anilines is 1. The number of nitrogen functional groups attached to an aromatic ring is 1. The van der Waals surface area contributed by atoms with Gasteiger partial charge in [-0.3, -0.25) is 9.59 Å². The topological polar surface area (TPSA) is 150 Å². The maximum atomic E-state index is 12.6. The number of amides is 2. The first kappa shape index (κ1) is 16.9. The average Bonchev–Trinajstić information content (AvgIpc) is 2.24. The minimum absolute atomic E-state index is 0.0146. The SMILES string of the molecule is Cc1cc(N)cc(C)c1S(=O)(=O)N(CC(N)=O)CC(N)=O. The third-order valence-electron chi connectivity index (χ3n) is 2.74. The Hall–Kier alpha value is -2.13. The number of carbonyl (C=O) groups is 2. The second kappa shape index (κ2) is 6.10. The summed E-state index contributed by atoms with van der Waals surface area (Å²) in [6.45, 7) is 1.88. The summed E-state index contributed by atoms with van der Waals surface area (Å²) < 4.78 is 25.9. The first-order valence-corrected chi connectivity index (χ1v) is 7.43. The summed E-state index contributed by atoms with van der Waals surface area (Å²) in [5.41, 5.74) is 16.9. The fourth-order valence-electron chi connectivity index (χ4n) is 2.09. The molecule has 9 heteroatoms. The third kappa shape index (κ3) is 3.92. The van der Waals surface area contributed by atoms with Gasteiger partial charge in [0.15, 0.2) is 0 Å². The quantitative estimate of drug-likeness (QED) is 0.566. The summed E-state index contributed by atoms with van der Waals surface area (Å²) in [4.78, 5) is 22.1. The molecule has 0 heterocycles. The van der Waals surface area contributed by atoms with E-state index in [0.29, 0.717) is 21.1 Å². The molecule has 1 aromatic carbocycles. The number of hydrogen-bond donors (Lipinski definition) is 3. The van der Waals surface area contributed by atoms with E-state index in [4.69, 9.17) is 17.2 Å². The molecule has 0 aliphatic rings. The van der Waals surface area contributed by atoms with Gasteiger partial charge in [-0.25, -0.2) is 8.42 Å². The van der Waals surface area contributed by atoms with Crippen molar-refractivity contribution in [3.63, 3.8) is 0 Å². The highest BCUT2D eigenvalue weighted by Gasteiger charge is 2.30. The van der Waals surface area contributed by atoms with Crippen LogP contribution in [0.5, 0.6) is 0 Å². The fourth-order valence-corrected chi connectivity index (χ4v) is 3.88. The summed E-state index contributed by atoms with van der Waals surface area (Å²) in [6.07, 6.45) is 0. The predicted molar refractivity (Wildman–Crippen MR) is 77.5 cm³/mol. The Morgan fingerprint density at radius 2 is 1.43 bits per heavy atom. The number of nitrogens with two attached hydrogens (primary N) is 3. The van der Waals surface area contributed by atoms with Crippen molar-refractivity contribution in [2.75, 3.05) is 18.8 Å². The first-order chi connectivity index (χ1) is 9.55. The predicted octanol–water partition coefficient (Wildman–Crippen LogP) is -1.15. The molecule has 0 aliphatic carbocycles. The lowest BCUT2D eigenvalue weighted by Gasteiger charge is -2.22. The Labute approximate surface area is 122 Å². The summed E-state index contributed by atoms with van der Waals surface area (Å²) in [6, 6.07) is 2.99. The summed E-state index contributed by atoms with van der Waals surface area (Å²) in [7, 11) is -4.09. The lowest BCUT2D eigenvalue weighted by atomic mass is 10.1. The monoisotopic (exact) mass is 314 g/mol. The highest BCUT2D eigenvalue weighted by molar-refractivity contribution is 7.89. The highest BCUT2D eigenvalue weighted by atomic mass is 32.2. The smallest absolute Gasteiger partial charge is 0.244 e. The molecule has 0 unspecified atom stereocenters. The second-order valence-corrected chi connectivity index (χ2v) is 6.56. The van der Waals surface area contributed by atoms with Gasteiger partial charge in [0, 0.05) is 5.69 Å². The Morgan fingerprint density at radius 1 is 1.05 bits per heavy atom. The molecule has 0 saturated carbocycles. The van der Waals surface area contributed by atoms with E-state index >= 15 is 0 Å². The molecule has 1 rings (SSSR count). The second-order valence-electron chi connectivity index (χ2n) is 4.69. The molecule has 0 radical (unpaired) electrons. The van der Waals surface area contributed by atoms with Crippen LogP contribution in [-0.2, 0) is 19.6 Å². The van der Waals surface area contributed by atoms with Crippen molar-refractivity contribution in [3.05, 3.63) is 23.3 Å². The number of carbonyl (C=O) groups excluding carboxylic acids is 2. The van der Waals surface area contributed by atoms with Crippen LogP contribution in [0.15, 0.2) is 17.0 Å². The zero-order chi connectivity index (χ0) is 16.4. The van der Waals surface area contributed by atoms with Gasteiger partial charge in [-0.15, -0.1) is 0 Å². The van der Waals surface area contributed by atoms with E-state index < -0.39 is 34.9 Å². The highest BCUT2D eigenvalue weighted by Crippen LogP contribution is 2.26. The van der Waals surface area contributed by atoms with Crippen LogP contribution in [0.1, 0.15) is 11.1 Å². The zero-order valence-corrected chi connectivity index (χ0v) is 12.6. The van der Waals surface area contributed by atoms with Crippen molar-refractivity contribution in [1.29, 1.82) is 0 Å². The molecule has 2 amide bonds. The lowest BCUT2D eigenvalue weighted by molar-refractivity contribution is -0.120. The molecule has 0 aromatic heterocycles. The molecule has 0 saturated heterocycles. The van der Waals surface area contributed by atoms with Crippen molar-refractivity contribution >= 4 is 27.5 Å². The number of rotatable bonds is 6. The average molecular weight is 314 g/mol. The Bertz CT molecular complexity index is 645. The number of aryl methyl sites for hydroxylation is 2. The molecule has 0 fully saturated rings. The van der Waals surface area contributed by atoms with Crippen molar-refractivity contribution in [2.24, 2.45) is 11.5 Å². The Kier molecular flexibility index (Phi) is 4.92. The minimum atomic E-state index is -4.09. The van der Waals surface area contributed by atoms with Gasteiger partial charge >= 0.3 is 0 Å². The zero-order valence-electron chi connectivity index (χ0n) is 11.8. The van der Waals surface area contributed by atoms with E-state index in [9.17, 15) is 18.0 Å². The van der Waals surface area contributed by atoms with Crippen LogP contribution in [-0.4, -0.2) is 37.6 Å². The van der Waals surface area contributed by atoms with Gasteiger partial charge in [0.05, 0.1) is 18.0 Å². The summed E-state index contributed by atoms with van der Waals surface area (Å²) in [5.74, 6) is -1.77. The van der Waals surface area contributed by atoms with E-state index in [-0.39, 0.29) is 4.90 Å². The van der Waals surface area contributed by atoms with E-state index in [1.54, 1.807) is 13.8 Å². The molecular formula is C12H18N4O4S. The van der Waals surface area contributed by atoms with Gasteiger partial charge in [0.1, 0.15) is 0 Å². The normalized spacial score (nSPS) is 11.6. The van der Waals surface area contributed by atoms with Gasteiger partial charge in [-0.05, 0) is 37.1 Å². The Balaban J connectivity index is 3.42. The molecular weight excluding hydrogens is 296 g/mol. The van der Waals surface area contributed by atoms with Crippen LogP contribution in [0.2, 0.25) is 0 Å². The standard InChI is InChI=1S/C12H18N4O4S/c1-7-3-9(13)4-8(2)12(7)21(19,20)16(5-10(14)17)6-11(15)18/h3-4H,5-6,13H2,1-2H3,(H2,14,17)(H2,15,18). The van der Waals surface area contributed by atoms with Crippen molar-refractivity contribution in [2.45, 2.75) is 18.7 Å². The summed E-state index contributed by atoms with van der Waals surface area (Å²) in [5, 5.41) is 0. The minimum Gasteiger partial charge on any atom is -0.399 e. The van der Waals surface area contributed by atoms with Gasteiger partial charge in [-0.2, -0.15) is 4.31 Å². The van der Waals surface area contributed by atoms with Gasteiger partial charge in [0.2, 0.25) is 21.8 Å². The molecule has 0 spiro atoms. The number of nitrogens with zero attached hydrogens (tertiary/aromatic N) is 1. The number of hydrogen-bond acceptors (Lipinski definition) is 5. The molecule has 21 heavy (non-hydrogen) atoms. The van der Waals surface area contributed by atoms with Crippen molar-refractivity contribution < 1.29 is 18.0 Å². The fraction of sp³-hybridized carbons (Fsp3) is 0.333. The van der Waals surface area contributed by atoms with Crippen LogP contribution in [0, 0.1) is 13.8 Å². The van der Waals surface area contributed by atoms with E-state index in [1.165, 1.54) is 12.1 Å². The molecule has 0 aliphatic heterocycles. The first-order valence-electron chi connectivity index (χ1n) is 5.99. The van der Waals surface area contributed by atoms with Crippen molar-refractivity contribution in [1.82, 2.24) is 4.31 Å². The van der Waals surface area contributed by atoms with Crippen LogP contribution < -0.4 is 17.2 Å². The number of sulfonamides is 1. The molecule has 8 nitrogen and oxygen atoms in total. The summed E-state index contributed by atoms with van der Waals surface area (Å²) >= 11 is 0. The molecule has 6 N–H and O–H groups in total. The maximum Gasteiger partial charge on any atom is 0.244 e. The largest absolute Gasteiger partial charge is 0.399 e.